The van der Waals surface area contributed by atoms with E-state index in [2.05, 4.69) is 20.6 Å². The SMILES string of the molecule is Cc1cnc2c(C(=O)NC3COCC3Cc3cc(C)no3)cnn2c1. The van der Waals surface area contributed by atoms with Gasteiger partial charge in [0.1, 0.15) is 11.3 Å². The van der Waals surface area contributed by atoms with Crippen molar-refractivity contribution in [3.8, 4) is 0 Å². The maximum atomic E-state index is 12.7. The minimum absolute atomic E-state index is 0.0849. The van der Waals surface area contributed by atoms with Crippen LogP contribution in [0.4, 0.5) is 0 Å². The zero-order valence-electron chi connectivity index (χ0n) is 14.1. The molecule has 0 aliphatic carbocycles. The zero-order chi connectivity index (χ0) is 17.4. The van der Waals surface area contributed by atoms with Gasteiger partial charge in [-0.15, -0.1) is 0 Å². The molecule has 1 fully saturated rings. The second kappa shape index (κ2) is 6.29. The summed E-state index contributed by atoms with van der Waals surface area (Å²) in [4.78, 5) is 17.0. The second-order valence-corrected chi connectivity index (χ2v) is 6.47. The first kappa shape index (κ1) is 15.8. The Morgan fingerprint density at radius 1 is 1.36 bits per heavy atom. The van der Waals surface area contributed by atoms with Crippen molar-refractivity contribution in [2.75, 3.05) is 13.2 Å². The lowest BCUT2D eigenvalue weighted by molar-refractivity contribution is 0.0926. The highest BCUT2D eigenvalue weighted by atomic mass is 16.5. The molecule has 25 heavy (non-hydrogen) atoms. The standard InChI is InChI=1S/C17H19N5O3/c1-10-5-18-16-14(6-19-22(16)7-10)17(23)20-15-9-24-8-12(15)4-13-3-11(2)21-25-13/h3,5-7,12,15H,4,8-9H2,1-2H3,(H,20,23). The van der Waals surface area contributed by atoms with Gasteiger partial charge in [0, 0.05) is 30.8 Å². The summed E-state index contributed by atoms with van der Waals surface area (Å²) >= 11 is 0. The molecule has 3 aromatic rings. The molecule has 1 aliphatic heterocycles. The van der Waals surface area contributed by atoms with E-state index in [1.54, 1.807) is 16.9 Å². The summed E-state index contributed by atoms with van der Waals surface area (Å²) in [6, 6.07) is 1.83. The lowest BCUT2D eigenvalue weighted by Crippen LogP contribution is -2.40. The lowest BCUT2D eigenvalue weighted by atomic mass is 9.98. The number of ether oxygens (including phenoxy) is 1. The molecule has 0 spiro atoms. The summed E-state index contributed by atoms with van der Waals surface area (Å²) in [6.45, 7) is 4.88. The van der Waals surface area contributed by atoms with Crippen LogP contribution in [0, 0.1) is 19.8 Å². The van der Waals surface area contributed by atoms with Gasteiger partial charge in [-0.25, -0.2) is 9.50 Å². The number of amides is 1. The van der Waals surface area contributed by atoms with E-state index in [4.69, 9.17) is 9.26 Å². The number of carbonyl (C=O) groups is 1. The number of aryl methyl sites for hydroxylation is 2. The first-order valence-corrected chi connectivity index (χ1v) is 8.21. The molecule has 1 aliphatic rings. The third-order valence-corrected chi connectivity index (χ3v) is 4.39. The van der Waals surface area contributed by atoms with Crippen molar-refractivity contribution >= 4 is 11.6 Å². The minimum atomic E-state index is -0.194. The summed E-state index contributed by atoms with van der Waals surface area (Å²) in [5.74, 6) is 0.759. The molecule has 1 saturated heterocycles. The van der Waals surface area contributed by atoms with Gasteiger partial charge in [0.2, 0.25) is 0 Å². The van der Waals surface area contributed by atoms with Gasteiger partial charge in [-0.2, -0.15) is 5.10 Å². The second-order valence-electron chi connectivity index (χ2n) is 6.47. The van der Waals surface area contributed by atoms with Gasteiger partial charge in [0.15, 0.2) is 5.65 Å². The maximum absolute atomic E-state index is 12.7. The lowest BCUT2D eigenvalue weighted by Gasteiger charge is -2.17. The van der Waals surface area contributed by atoms with E-state index in [0.29, 0.717) is 30.8 Å². The largest absolute Gasteiger partial charge is 0.379 e. The third kappa shape index (κ3) is 3.12. The van der Waals surface area contributed by atoms with E-state index in [9.17, 15) is 4.79 Å². The Morgan fingerprint density at radius 3 is 3.04 bits per heavy atom. The highest BCUT2D eigenvalue weighted by Crippen LogP contribution is 2.20. The zero-order valence-corrected chi connectivity index (χ0v) is 14.1. The molecule has 8 nitrogen and oxygen atoms in total. The van der Waals surface area contributed by atoms with E-state index in [1.165, 1.54) is 0 Å². The first-order valence-electron chi connectivity index (χ1n) is 8.21. The molecule has 4 rings (SSSR count). The number of aromatic nitrogens is 4. The van der Waals surface area contributed by atoms with Gasteiger partial charge in [0.05, 0.1) is 31.1 Å². The normalized spacial score (nSPS) is 20.2. The van der Waals surface area contributed by atoms with Crippen molar-refractivity contribution in [1.82, 2.24) is 25.1 Å². The maximum Gasteiger partial charge on any atom is 0.257 e. The van der Waals surface area contributed by atoms with Crippen LogP contribution in [0.15, 0.2) is 29.2 Å². The Morgan fingerprint density at radius 2 is 2.24 bits per heavy atom. The average molecular weight is 341 g/mol. The van der Waals surface area contributed by atoms with Crippen LogP contribution in [0.3, 0.4) is 0 Å². The number of hydrogen-bond acceptors (Lipinski definition) is 6. The topological polar surface area (TPSA) is 94.5 Å². The fraction of sp³-hybridized carbons (Fsp3) is 0.412. The summed E-state index contributed by atoms with van der Waals surface area (Å²) in [5.41, 5.74) is 2.84. The Labute approximate surface area is 144 Å². The van der Waals surface area contributed by atoms with Crippen LogP contribution in [0.5, 0.6) is 0 Å². The summed E-state index contributed by atoms with van der Waals surface area (Å²) in [5, 5.41) is 11.2. The Hall–Kier alpha value is -2.74. The van der Waals surface area contributed by atoms with E-state index < -0.39 is 0 Å². The first-order chi connectivity index (χ1) is 12.1. The quantitative estimate of drug-likeness (QED) is 0.769. The third-order valence-electron chi connectivity index (χ3n) is 4.39. The van der Waals surface area contributed by atoms with Crippen molar-refractivity contribution < 1.29 is 14.1 Å². The van der Waals surface area contributed by atoms with Crippen LogP contribution >= 0.6 is 0 Å². The van der Waals surface area contributed by atoms with Crippen LogP contribution < -0.4 is 5.32 Å². The van der Waals surface area contributed by atoms with Crippen LogP contribution in [0.2, 0.25) is 0 Å². The van der Waals surface area contributed by atoms with Crippen molar-refractivity contribution in [1.29, 1.82) is 0 Å². The number of carbonyl (C=O) groups excluding carboxylic acids is 1. The molecule has 8 heteroatoms. The fourth-order valence-corrected chi connectivity index (χ4v) is 3.10. The molecule has 3 aromatic heterocycles. The highest BCUT2D eigenvalue weighted by Gasteiger charge is 2.31. The number of rotatable bonds is 4. The number of fused-ring (bicyclic) bond motifs is 1. The smallest absolute Gasteiger partial charge is 0.257 e. The number of hydrogen-bond donors (Lipinski definition) is 1. The molecule has 0 radical (unpaired) electrons. The molecule has 4 heterocycles. The Kier molecular flexibility index (Phi) is 3.96. The number of nitrogens with zero attached hydrogens (tertiary/aromatic N) is 4. The van der Waals surface area contributed by atoms with Gasteiger partial charge in [-0.1, -0.05) is 5.16 Å². The van der Waals surface area contributed by atoms with Crippen molar-refractivity contribution in [2.45, 2.75) is 26.3 Å². The van der Waals surface area contributed by atoms with E-state index in [-0.39, 0.29) is 17.9 Å². The van der Waals surface area contributed by atoms with E-state index >= 15 is 0 Å². The summed E-state index contributed by atoms with van der Waals surface area (Å²) in [7, 11) is 0. The monoisotopic (exact) mass is 341 g/mol. The van der Waals surface area contributed by atoms with E-state index in [0.717, 1.165) is 17.0 Å². The molecule has 2 unspecified atom stereocenters. The van der Waals surface area contributed by atoms with Crippen molar-refractivity contribution in [3.05, 3.63) is 47.2 Å². The summed E-state index contributed by atoms with van der Waals surface area (Å²) in [6.07, 6.45) is 5.79. The van der Waals surface area contributed by atoms with Gasteiger partial charge < -0.3 is 14.6 Å². The molecular weight excluding hydrogens is 322 g/mol. The van der Waals surface area contributed by atoms with Crippen molar-refractivity contribution in [2.24, 2.45) is 5.92 Å². The fourth-order valence-electron chi connectivity index (χ4n) is 3.10. The van der Waals surface area contributed by atoms with Crippen LogP contribution in [0.1, 0.15) is 27.4 Å². The molecule has 2 atom stereocenters. The summed E-state index contributed by atoms with van der Waals surface area (Å²) < 4.78 is 12.5. The minimum Gasteiger partial charge on any atom is -0.379 e. The predicted molar refractivity (Wildman–Crippen MR) is 88.2 cm³/mol. The molecule has 0 bridgehead atoms. The van der Waals surface area contributed by atoms with Crippen LogP contribution in [0.25, 0.3) is 5.65 Å². The molecule has 0 saturated carbocycles. The van der Waals surface area contributed by atoms with Crippen LogP contribution in [-0.2, 0) is 11.2 Å². The van der Waals surface area contributed by atoms with Crippen molar-refractivity contribution in [3.63, 3.8) is 0 Å². The molecule has 0 aromatic carbocycles. The van der Waals surface area contributed by atoms with E-state index in [1.807, 2.05) is 26.1 Å². The molecular formula is C17H19N5O3. The Balaban J connectivity index is 1.49. The molecule has 1 N–H and O–H groups in total. The predicted octanol–water partition coefficient (Wildman–Crippen LogP) is 1.32. The highest BCUT2D eigenvalue weighted by molar-refractivity contribution is 5.99. The Bertz CT molecular complexity index is 916. The van der Waals surface area contributed by atoms with Gasteiger partial charge in [-0.05, 0) is 19.4 Å². The number of nitrogens with one attached hydrogen (secondary N) is 1. The van der Waals surface area contributed by atoms with Gasteiger partial charge in [0.25, 0.3) is 5.91 Å². The van der Waals surface area contributed by atoms with Gasteiger partial charge >= 0.3 is 0 Å². The molecule has 1 amide bonds. The average Bonchev–Trinajstić information content (AvgIpc) is 3.28. The molecule has 130 valence electrons. The van der Waals surface area contributed by atoms with Crippen LogP contribution in [-0.4, -0.2) is 44.9 Å². The van der Waals surface area contributed by atoms with Gasteiger partial charge in [-0.3, -0.25) is 4.79 Å².